The van der Waals surface area contributed by atoms with Crippen LogP contribution in [0.1, 0.15) is 26.3 Å². The summed E-state index contributed by atoms with van der Waals surface area (Å²) >= 11 is 0. The van der Waals surface area contributed by atoms with Crippen LogP contribution in [-0.4, -0.2) is 36.8 Å². The molecule has 0 spiro atoms. The zero-order valence-corrected chi connectivity index (χ0v) is 20.8. The first kappa shape index (κ1) is 22.5. The fourth-order valence-corrected chi connectivity index (χ4v) is 5.99. The van der Waals surface area contributed by atoms with Crippen molar-refractivity contribution in [2.45, 2.75) is 32.9 Å². The maximum Gasteiger partial charge on any atom is 0.240 e. The van der Waals surface area contributed by atoms with Gasteiger partial charge in [0.15, 0.2) is 5.78 Å². The van der Waals surface area contributed by atoms with Crippen molar-refractivity contribution in [3.63, 3.8) is 0 Å². The van der Waals surface area contributed by atoms with E-state index in [2.05, 4.69) is 0 Å². The van der Waals surface area contributed by atoms with Gasteiger partial charge in [0.1, 0.15) is 11.8 Å². The number of imide groups is 1. The van der Waals surface area contributed by atoms with Crippen molar-refractivity contribution >= 4 is 45.8 Å². The number of nitrogens with zero attached hydrogens (tertiary/aromatic N) is 2. The largest absolute Gasteiger partial charge is 0.497 e. The molecule has 6 heteroatoms. The van der Waals surface area contributed by atoms with Crippen LogP contribution in [0, 0.1) is 17.3 Å². The van der Waals surface area contributed by atoms with E-state index in [1.165, 1.54) is 4.90 Å². The van der Waals surface area contributed by atoms with Crippen molar-refractivity contribution in [1.82, 2.24) is 0 Å². The number of benzene rings is 3. The number of amides is 2. The summed E-state index contributed by atoms with van der Waals surface area (Å²) < 4.78 is 5.39. The van der Waals surface area contributed by atoms with E-state index in [1.54, 1.807) is 7.11 Å². The summed E-state index contributed by atoms with van der Waals surface area (Å²) in [6, 6.07) is 18.0. The molecule has 182 valence electrons. The number of carbonyl (C=O) groups excluding carboxylic acids is 3. The zero-order valence-electron chi connectivity index (χ0n) is 20.8. The van der Waals surface area contributed by atoms with Crippen molar-refractivity contribution in [3.05, 3.63) is 72.3 Å². The second-order valence-electron chi connectivity index (χ2n) is 10.8. The molecule has 3 aliphatic rings. The maximum atomic E-state index is 14.0. The number of rotatable bonds is 3. The molecule has 2 amide bonds. The summed E-state index contributed by atoms with van der Waals surface area (Å²) in [5, 5.41) is 1.99. The van der Waals surface area contributed by atoms with Gasteiger partial charge in [-0.15, -0.1) is 0 Å². The van der Waals surface area contributed by atoms with Gasteiger partial charge >= 0.3 is 0 Å². The Labute approximate surface area is 210 Å². The molecule has 0 bridgehead atoms. The third-order valence-electron chi connectivity index (χ3n) is 7.71. The molecule has 0 unspecified atom stereocenters. The SMILES string of the molecule is COc1ccc2c(c1)C=C[C@H]1[C@@H]3C(=O)N(c4ccc5ccccc5c4)C(=O)[C@@H]3[C@H](C(=O)C(C)(C)C)N21. The van der Waals surface area contributed by atoms with E-state index in [1.807, 2.05) is 98.5 Å². The number of ketones is 1. The molecule has 0 N–H and O–H groups in total. The highest BCUT2D eigenvalue weighted by Gasteiger charge is 2.65. The summed E-state index contributed by atoms with van der Waals surface area (Å²) in [5.41, 5.74) is 1.62. The van der Waals surface area contributed by atoms with Gasteiger partial charge < -0.3 is 9.64 Å². The van der Waals surface area contributed by atoms with Crippen LogP contribution in [0.2, 0.25) is 0 Å². The monoisotopic (exact) mass is 480 g/mol. The third kappa shape index (κ3) is 3.13. The third-order valence-corrected chi connectivity index (χ3v) is 7.71. The molecule has 0 saturated carbocycles. The van der Waals surface area contributed by atoms with Gasteiger partial charge in [-0.25, -0.2) is 4.90 Å². The van der Waals surface area contributed by atoms with Crippen molar-refractivity contribution in [2.24, 2.45) is 17.3 Å². The summed E-state index contributed by atoms with van der Waals surface area (Å²) in [6.45, 7) is 5.61. The average molecular weight is 481 g/mol. The lowest BCUT2D eigenvalue weighted by Crippen LogP contribution is -2.51. The number of fused-ring (bicyclic) bond motifs is 6. The lowest BCUT2D eigenvalue weighted by Gasteiger charge is -2.38. The minimum atomic E-state index is -0.751. The molecule has 3 heterocycles. The van der Waals surface area contributed by atoms with E-state index >= 15 is 0 Å². The van der Waals surface area contributed by atoms with Gasteiger partial charge in [0.05, 0.1) is 30.7 Å². The van der Waals surface area contributed by atoms with Crippen molar-refractivity contribution in [1.29, 1.82) is 0 Å². The van der Waals surface area contributed by atoms with E-state index < -0.39 is 23.3 Å². The van der Waals surface area contributed by atoms with Crippen molar-refractivity contribution < 1.29 is 19.1 Å². The minimum Gasteiger partial charge on any atom is -0.497 e. The van der Waals surface area contributed by atoms with Crippen LogP contribution in [0.25, 0.3) is 16.8 Å². The van der Waals surface area contributed by atoms with E-state index in [9.17, 15) is 14.4 Å². The smallest absolute Gasteiger partial charge is 0.240 e. The number of hydrogen-bond donors (Lipinski definition) is 0. The van der Waals surface area contributed by atoms with E-state index in [0.29, 0.717) is 11.4 Å². The van der Waals surface area contributed by atoms with Gasteiger partial charge in [0.2, 0.25) is 11.8 Å². The molecule has 0 radical (unpaired) electrons. The molecule has 0 aliphatic carbocycles. The average Bonchev–Trinajstić information content (AvgIpc) is 3.34. The summed E-state index contributed by atoms with van der Waals surface area (Å²) in [6.07, 6.45) is 3.93. The Balaban J connectivity index is 1.48. The van der Waals surface area contributed by atoms with Crippen molar-refractivity contribution in [2.75, 3.05) is 16.9 Å². The van der Waals surface area contributed by atoms with Gasteiger partial charge in [-0.05, 0) is 41.1 Å². The van der Waals surface area contributed by atoms with Crippen LogP contribution in [0.15, 0.2) is 66.7 Å². The highest BCUT2D eigenvalue weighted by atomic mass is 16.5. The summed E-state index contributed by atoms with van der Waals surface area (Å²) in [5.74, 6) is -1.27. The van der Waals surface area contributed by atoms with Gasteiger partial charge in [-0.1, -0.05) is 63.3 Å². The van der Waals surface area contributed by atoms with Crippen molar-refractivity contribution in [3.8, 4) is 5.75 Å². The fourth-order valence-electron chi connectivity index (χ4n) is 5.99. The molecule has 4 atom stereocenters. The van der Waals surface area contributed by atoms with E-state index in [4.69, 9.17) is 4.74 Å². The number of methoxy groups -OCH3 is 1. The summed E-state index contributed by atoms with van der Waals surface area (Å²) in [7, 11) is 1.61. The topological polar surface area (TPSA) is 66.9 Å². The Morgan fingerprint density at radius 2 is 1.61 bits per heavy atom. The van der Waals surface area contributed by atoms with Crippen LogP contribution in [0.4, 0.5) is 11.4 Å². The fraction of sp³-hybridized carbons (Fsp3) is 0.300. The molecule has 3 aromatic rings. The molecule has 6 rings (SSSR count). The Kier molecular flexibility index (Phi) is 4.87. The standard InChI is InChI=1S/C30H28N2O4/c1-30(2,3)27(33)26-25-24(23-13-10-19-16-21(36-4)12-14-22(19)32(23)26)28(34)31(29(25)35)20-11-9-17-7-5-6-8-18(17)15-20/h5-16,23-26H,1-4H3/t23-,24-,25-,26+/m0/s1. The number of anilines is 2. The normalized spacial score (nSPS) is 24.7. The van der Waals surface area contributed by atoms with Gasteiger partial charge in [-0.2, -0.15) is 0 Å². The predicted molar refractivity (Wildman–Crippen MR) is 140 cm³/mol. The minimum absolute atomic E-state index is 0.0430. The van der Waals surface area contributed by atoms with Crippen LogP contribution in [-0.2, 0) is 14.4 Å². The molecular weight excluding hydrogens is 452 g/mol. The molecule has 2 fully saturated rings. The number of ether oxygens (including phenoxy) is 1. The Morgan fingerprint density at radius 1 is 0.889 bits per heavy atom. The van der Waals surface area contributed by atoms with E-state index in [0.717, 1.165) is 22.0 Å². The molecule has 3 aliphatic heterocycles. The number of carbonyl (C=O) groups is 3. The lowest BCUT2D eigenvalue weighted by molar-refractivity contribution is -0.132. The summed E-state index contributed by atoms with van der Waals surface area (Å²) in [4.78, 5) is 45.2. The highest BCUT2D eigenvalue weighted by Crippen LogP contribution is 2.51. The molecular formula is C30H28N2O4. The first-order chi connectivity index (χ1) is 17.2. The van der Waals surface area contributed by atoms with E-state index in [-0.39, 0.29) is 23.6 Å². The van der Waals surface area contributed by atoms with Crippen LogP contribution in [0.5, 0.6) is 5.75 Å². The molecule has 36 heavy (non-hydrogen) atoms. The van der Waals surface area contributed by atoms with Crippen LogP contribution < -0.4 is 14.5 Å². The van der Waals surface area contributed by atoms with Crippen LogP contribution >= 0.6 is 0 Å². The molecule has 2 saturated heterocycles. The molecule has 0 aromatic heterocycles. The predicted octanol–water partition coefficient (Wildman–Crippen LogP) is 4.85. The second-order valence-corrected chi connectivity index (χ2v) is 10.8. The first-order valence-electron chi connectivity index (χ1n) is 12.3. The number of hydrogen-bond acceptors (Lipinski definition) is 5. The Hall–Kier alpha value is -3.93. The highest BCUT2D eigenvalue weighted by molar-refractivity contribution is 6.25. The maximum absolute atomic E-state index is 14.0. The van der Waals surface area contributed by atoms with Gasteiger partial charge in [0, 0.05) is 16.7 Å². The van der Waals surface area contributed by atoms with Crippen LogP contribution in [0.3, 0.4) is 0 Å². The molecule has 3 aromatic carbocycles. The van der Waals surface area contributed by atoms with Gasteiger partial charge in [0.25, 0.3) is 0 Å². The molecule has 6 nitrogen and oxygen atoms in total. The quantitative estimate of drug-likeness (QED) is 0.501. The number of Topliss-reactive ketones (excluding diaryl/α,β-unsaturated/α-hetero) is 1. The lowest BCUT2D eigenvalue weighted by atomic mass is 9.79. The zero-order chi connectivity index (χ0) is 25.4. The van der Waals surface area contributed by atoms with Gasteiger partial charge in [-0.3, -0.25) is 14.4 Å². The Morgan fingerprint density at radius 3 is 2.33 bits per heavy atom. The second kappa shape index (κ2) is 7.79. The first-order valence-corrected chi connectivity index (χ1v) is 12.3. The Bertz CT molecular complexity index is 1470.